The number of nitrogens with one attached hydrogen (secondary N) is 1. The van der Waals surface area contributed by atoms with E-state index in [2.05, 4.69) is 12.2 Å². The standard InChI is InChI=1S/C16H23NO2/c1-11-7-8-15(14(9-11)16(18)19)17-10-13-6-4-3-5-12(13)2/h7-9,12-13,17H,3-6,10H2,1-2H3,(H,18,19). The Hall–Kier alpha value is -1.51. The van der Waals surface area contributed by atoms with Gasteiger partial charge in [-0.1, -0.05) is 37.8 Å². The van der Waals surface area contributed by atoms with Gasteiger partial charge in [0.25, 0.3) is 0 Å². The maximum absolute atomic E-state index is 11.2. The molecule has 2 atom stereocenters. The van der Waals surface area contributed by atoms with Crippen LogP contribution in [0, 0.1) is 18.8 Å². The largest absolute Gasteiger partial charge is 0.478 e. The number of aryl methyl sites for hydroxylation is 1. The minimum atomic E-state index is -0.858. The topological polar surface area (TPSA) is 49.3 Å². The summed E-state index contributed by atoms with van der Waals surface area (Å²) in [5, 5.41) is 12.6. The first-order chi connectivity index (χ1) is 9.08. The minimum Gasteiger partial charge on any atom is -0.478 e. The third kappa shape index (κ3) is 3.49. The summed E-state index contributed by atoms with van der Waals surface area (Å²) >= 11 is 0. The van der Waals surface area contributed by atoms with E-state index in [0.717, 1.165) is 23.7 Å². The van der Waals surface area contributed by atoms with E-state index >= 15 is 0 Å². The van der Waals surface area contributed by atoms with E-state index in [9.17, 15) is 9.90 Å². The van der Waals surface area contributed by atoms with Gasteiger partial charge in [-0.05, 0) is 37.3 Å². The highest BCUT2D eigenvalue weighted by Crippen LogP contribution is 2.30. The van der Waals surface area contributed by atoms with Crippen molar-refractivity contribution in [3.05, 3.63) is 29.3 Å². The summed E-state index contributed by atoms with van der Waals surface area (Å²) in [6.45, 7) is 5.10. The molecule has 1 aromatic rings. The number of hydrogen-bond acceptors (Lipinski definition) is 2. The molecule has 3 nitrogen and oxygen atoms in total. The first-order valence-electron chi connectivity index (χ1n) is 7.15. The molecule has 2 rings (SSSR count). The summed E-state index contributed by atoms with van der Waals surface area (Å²) in [4.78, 5) is 11.2. The van der Waals surface area contributed by atoms with Crippen molar-refractivity contribution in [1.29, 1.82) is 0 Å². The lowest BCUT2D eigenvalue weighted by Crippen LogP contribution is -2.25. The lowest BCUT2D eigenvalue weighted by molar-refractivity contribution is 0.0698. The van der Waals surface area contributed by atoms with Crippen LogP contribution in [-0.2, 0) is 0 Å². The quantitative estimate of drug-likeness (QED) is 0.863. The van der Waals surface area contributed by atoms with Gasteiger partial charge in [0.05, 0.1) is 5.56 Å². The van der Waals surface area contributed by atoms with Crippen LogP contribution in [0.4, 0.5) is 5.69 Å². The molecule has 0 spiro atoms. The van der Waals surface area contributed by atoms with Gasteiger partial charge in [0, 0.05) is 12.2 Å². The van der Waals surface area contributed by atoms with Gasteiger partial charge in [0.15, 0.2) is 0 Å². The molecule has 2 unspecified atom stereocenters. The van der Waals surface area contributed by atoms with Gasteiger partial charge < -0.3 is 10.4 Å². The maximum Gasteiger partial charge on any atom is 0.337 e. The summed E-state index contributed by atoms with van der Waals surface area (Å²) < 4.78 is 0. The third-order valence-corrected chi connectivity index (χ3v) is 4.25. The van der Waals surface area contributed by atoms with E-state index in [0.29, 0.717) is 11.5 Å². The molecule has 0 aromatic heterocycles. The number of benzene rings is 1. The Labute approximate surface area is 115 Å². The molecular formula is C16H23NO2. The molecule has 1 saturated carbocycles. The van der Waals surface area contributed by atoms with Gasteiger partial charge in [-0.2, -0.15) is 0 Å². The smallest absolute Gasteiger partial charge is 0.337 e. The SMILES string of the molecule is Cc1ccc(NCC2CCCCC2C)c(C(=O)O)c1. The Morgan fingerprint density at radius 1 is 1.37 bits per heavy atom. The first kappa shape index (κ1) is 13.9. The average molecular weight is 261 g/mol. The molecule has 1 aromatic carbocycles. The highest BCUT2D eigenvalue weighted by atomic mass is 16.4. The molecule has 1 aliphatic rings. The first-order valence-corrected chi connectivity index (χ1v) is 7.15. The van der Waals surface area contributed by atoms with Crippen LogP contribution in [0.3, 0.4) is 0 Å². The van der Waals surface area contributed by atoms with E-state index in [1.54, 1.807) is 6.07 Å². The minimum absolute atomic E-state index is 0.378. The molecule has 1 aliphatic carbocycles. The predicted molar refractivity (Wildman–Crippen MR) is 77.8 cm³/mol. The second-order valence-electron chi connectivity index (χ2n) is 5.76. The highest BCUT2D eigenvalue weighted by molar-refractivity contribution is 5.94. The van der Waals surface area contributed by atoms with Gasteiger partial charge >= 0.3 is 5.97 Å². The molecule has 0 heterocycles. The summed E-state index contributed by atoms with van der Waals surface area (Å²) in [5.74, 6) is 0.541. The fourth-order valence-corrected chi connectivity index (χ4v) is 2.93. The maximum atomic E-state index is 11.2. The van der Waals surface area contributed by atoms with E-state index < -0.39 is 5.97 Å². The van der Waals surface area contributed by atoms with Crippen molar-refractivity contribution in [3.63, 3.8) is 0 Å². The van der Waals surface area contributed by atoms with Crippen LogP contribution < -0.4 is 5.32 Å². The molecule has 1 fully saturated rings. The molecule has 3 heteroatoms. The Kier molecular flexibility index (Phi) is 4.46. The summed E-state index contributed by atoms with van der Waals surface area (Å²) in [5.41, 5.74) is 2.10. The number of hydrogen-bond donors (Lipinski definition) is 2. The lowest BCUT2D eigenvalue weighted by atomic mass is 9.80. The molecule has 19 heavy (non-hydrogen) atoms. The van der Waals surface area contributed by atoms with Crippen LogP contribution >= 0.6 is 0 Å². The van der Waals surface area contributed by atoms with Gasteiger partial charge in [-0.15, -0.1) is 0 Å². The number of rotatable bonds is 4. The van der Waals surface area contributed by atoms with Crippen molar-refractivity contribution in [1.82, 2.24) is 0 Å². The van der Waals surface area contributed by atoms with Crippen LogP contribution in [0.1, 0.15) is 48.5 Å². The second kappa shape index (κ2) is 6.09. The number of carbonyl (C=O) groups is 1. The van der Waals surface area contributed by atoms with Crippen LogP contribution in [0.2, 0.25) is 0 Å². The van der Waals surface area contributed by atoms with Crippen molar-refractivity contribution < 1.29 is 9.90 Å². The molecule has 0 radical (unpaired) electrons. The van der Waals surface area contributed by atoms with E-state index in [4.69, 9.17) is 0 Å². The average Bonchev–Trinajstić information content (AvgIpc) is 2.38. The summed E-state index contributed by atoms with van der Waals surface area (Å²) in [6.07, 6.45) is 5.19. The van der Waals surface area contributed by atoms with Crippen molar-refractivity contribution in [2.24, 2.45) is 11.8 Å². The number of carboxylic acid groups (broad SMARTS) is 1. The number of carboxylic acids is 1. The van der Waals surface area contributed by atoms with E-state index in [1.807, 2.05) is 19.1 Å². The predicted octanol–water partition coefficient (Wildman–Crippen LogP) is 3.93. The zero-order chi connectivity index (χ0) is 13.8. The summed E-state index contributed by atoms with van der Waals surface area (Å²) in [7, 11) is 0. The van der Waals surface area contributed by atoms with E-state index in [-0.39, 0.29) is 0 Å². The molecule has 0 aliphatic heterocycles. The van der Waals surface area contributed by atoms with E-state index in [1.165, 1.54) is 25.7 Å². The van der Waals surface area contributed by atoms with Crippen LogP contribution in [-0.4, -0.2) is 17.6 Å². The number of aromatic carboxylic acids is 1. The Morgan fingerprint density at radius 3 is 2.79 bits per heavy atom. The lowest BCUT2D eigenvalue weighted by Gasteiger charge is -2.29. The summed E-state index contributed by atoms with van der Waals surface area (Å²) in [6, 6.07) is 5.57. The third-order valence-electron chi connectivity index (χ3n) is 4.25. The number of anilines is 1. The molecule has 104 valence electrons. The van der Waals surface area contributed by atoms with Crippen molar-refractivity contribution in [3.8, 4) is 0 Å². The molecule has 0 saturated heterocycles. The van der Waals surface area contributed by atoms with Crippen molar-refractivity contribution in [2.45, 2.75) is 39.5 Å². The Balaban J connectivity index is 2.04. The van der Waals surface area contributed by atoms with Gasteiger partial charge in [-0.3, -0.25) is 0 Å². The second-order valence-corrected chi connectivity index (χ2v) is 5.76. The molecule has 2 N–H and O–H groups in total. The van der Waals surface area contributed by atoms with Gasteiger partial charge in [0.1, 0.15) is 0 Å². The molecule has 0 bridgehead atoms. The van der Waals surface area contributed by atoms with Crippen LogP contribution in [0.5, 0.6) is 0 Å². The normalized spacial score (nSPS) is 23.1. The fraction of sp³-hybridized carbons (Fsp3) is 0.562. The fourth-order valence-electron chi connectivity index (χ4n) is 2.93. The van der Waals surface area contributed by atoms with Gasteiger partial charge in [0.2, 0.25) is 0 Å². The van der Waals surface area contributed by atoms with Crippen LogP contribution in [0.15, 0.2) is 18.2 Å². The molecular weight excluding hydrogens is 238 g/mol. The highest BCUT2D eigenvalue weighted by Gasteiger charge is 2.21. The van der Waals surface area contributed by atoms with Crippen molar-refractivity contribution in [2.75, 3.05) is 11.9 Å². The van der Waals surface area contributed by atoms with Crippen molar-refractivity contribution >= 4 is 11.7 Å². The van der Waals surface area contributed by atoms with Crippen LogP contribution in [0.25, 0.3) is 0 Å². The monoisotopic (exact) mass is 261 g/mol. The Bertz CT molecular complexity index is 456. The molecule has 0 amide bonds. The van der Waals surface area contributed by atoms with Gasteiger partial charge in [-0.25, -0.2) is 4.79 Å². The zero-order valence-corrected chi connectivity index (χ0v) is 11.8. The Morgan fingerprint density at radius 2 is 2.11 bits per heavy atom. The zero-order valence-electron chi connectivity index (χ0n) is 11.8.